The molecular weight excluding hydrogens is 280 g/mol. The van der Waals surface area contributed by atoms with Crippen LogP contribution in [-0.2, 0) is 17.6 Å². The molecule has 1 aliphatic carbocycles. The van der Waals surface area contributed by atoms with Crippen LogP contribution < -0.4 is 4.90 Å². The van der Waals surface area contributed by atoms with Gasteiger partial charge in [-0.15, -0.1) is 0 Å². The van der Waals surface area contributed by atoms with Gasteiger partial charge in [0.05, 0.1) is 6.61 Å². The van der Waals surface area contributed by atoms with Crippen LogP contribution >= 0.6 is 0 Å². The molecule has 4 rings (SSSR count). The van der Waals surface area contributed by atoms with Gasteiger partial charge in [-0.3, -0.25) is 0 Å². The lowest BCUT2D eigenvalue weighted by atomic mass is 9.79. The lowest BCUT2D eigenvalue weighted by Gasteiger charge is -2.40. The number of piperidine rings is 1. The van der Waals surface area contributed by atoms with Crippen molar-refractivity contribution in [3.05, 3.63) is 22.9 Å². The Hall–Kier alpha value is -1.62. The minimum atomic E-state index is -0.862. The summed E-state index contributed by atoms with van der Waals surface area (Å²) in [6.07, 6.45) is 6.36. The van der Waals surface area contributed by atoms with Gasteiger partial charge in [0, 0.05) is 30.8 Å². The Kier molecular flexibility index (Phi) is 3.33. The minimum Gasteiger partial charge on any atom is -0.478 e. The number of carbonyl (C=O) groups is 1. The summed E-state index contributed by atoms with van der Waals surface area (Å²) in [5, 5.41) is 9.59. The SMILES string of the molecule is O=C(O)c1cc2c(nc1N1CCC[C@]3(CCOC3)C1)CCC2. The Morgan fingerprint density at radius 2 is 2.23 bits per heavy atom. The van der Waals surface area contributed by atoms with Gasteiger partial charge in [0.1, 0.15) is 11.4 Å². The van der Waals surface area contributed by atoms with E-state index in [1.54, 1.807) is 0 Å². The molecule has 3 heterocycles. The van der Waals surface area contributed by atoms with Gasteiger partial charge in [0.2, 0.25) is 0 Å². The van der Waals surface area contributed by atoms with Crippen molar-refractivity contribution in [1.29, 1.82) is 0 Å². The maximum atomic E-state index is 11.7. The van der Waals surface area contributed by atoms with Gasteiger partial charge in [-0.25, -0.2) is 9.78 Å². The molecule has 2 aliphatic heterocycles. The molecule has 2 saturated heterocycles. The number of anilines is 1. The molecule has 0 radical (unpaired) electrons. The number of hydrogen-bond acceptors (Lipinski definition) is 4. The maximum Gasteiger partial charge on any atom is 0.339 e. The summed E-state index contributed by atoms with van der Waals surface area (Å²) >= 11 is 0. The topological polar surface area (TPSA) is 62.7 Å². The number of ether oxygens (including phenoxy) is 1. The van der Waals surface area contributed by atoms with E-state index >= 15 is 0 Å². The first kappa shape index (κ1) is 14.0. The van der Waals surface area contributed by atoms with Gasteiger partial charge in [0.15, 0.2) is 0 Å². The molecule has 0 amide bonds. The fraction of sp³-hybridized carbons (Fsp3) is 0.647. The van der Waals surface area contributed by atoms with Crippen LogP contribution in [0, 0.1) is 5.41 Å². The molecule has 0 saturated carbocycles. The summed E-state index contributed by atoms with van der Waals surface area (Å²) < 4.78 is 5.61. The number of hydrogen-bond donors (Lipinski definition) is 1. The van der Waals surface area contributed by atoms with E-state index in [1.165, 1.54) is 6.42 Å². The Labute approximate surface area is 130 Å². The van der Waals surface area contributed by atoms with E-state index in [0.29, 0.717) is 11.4 Å². The van der Waals surface area contributed by atoms with Crippen LogP contribution in [-0.4, -0.2) is 42.4 Å². The number of pyridine rings is 1. The number of aromatic nitrogens is 1. The minimum absolute atomic E-state index is 0.203. The predicted octanol–water partition coefficient (Wildman–Crippen LogP) is 2.28. The monoisotopic (exact) mass is 302 g/mol. The number of fused-ring (bicyclic) bond motifs is 1. The molecular formula is C17H22N2O3. The molecule has 1 atom stereocenters. The first-order chi connectivity index (χ1) is 10.7. The Balaban J connectivity index is 1.70. The second-order valence-electron chi connectivity index (χ2n) is 6.95. The molecule has 1 aromatic heterocycles. The fourth-order valence-corrected chi connectivity index (χ4v) is 4.22. The molecule has 118 valence electrons. The van der Waals surface area contributed by atoms with E-state index in [1.807, 2.05) is 6.07 Å². The summed E-state index contributed by atoms with van der Waals surface area (Å²) in [5.74, 6) is -0.182. The predicted molar refractivity (Wildman–Crippen MR) is 82.5 cm³/mol. The molecule has 1 aromatic rings. The summed E-state index contributed by atoms with van der Waals surface area (Å²) in [5.41, 5.74) is 2.80. The third-order valence-electron chi connectivity index (χ3n) is 5.41. The van der Waals surface area contributed by atoms with Gasteiger partial charge in [0.25, 0.3) is 0 Å². The van der Waals surface area contributed by atoms with Crippen LogP contribution in [0.15, 0.2) is 6.07 Å². The van der Waals surface area contributed by atoms with Crippen molar-refractivity contribution < 1.29 is 14.6 Å². The Morgan fingerprint density at radius 3 is 3.00 bits per heavy atom. The zero-order valence-electron chi connectivity index (χ0n) is 12.8. The average molecular weight is 302 g/mol. The normalized spacial score (nSPS) is 27.4. The number of aromatic carboxylic acids is 1. The van der Waals surface area contributed by atoms with Crippen molar-refractivity contribution in [2.24, 2.45) is 5.41 Å². The summed E-state index contributed by atoms with van der Waals surface area (Å²) in [6, 6.07) is 1.86. The second-order valence-corrected chi connectivity index (χ2v) is 6.95. The lowest BCUT2D eigenvalue weighted by Crippen LogP contribution is -2.44. The van der Waals surface area contributed by atoms with Gasteiger partial charge in [-0.1, -0.05) is 0 Å². The van der Waals surface area contributed by atoms with Gasteiger partial charge in [-0.2, -0.15) is 0 Å². The van der Waals surface area contributed by atoms with Gasteiger partial charge >= 0.3 is 5.97 Å². The van der Waals surface area contributed by atoms with E-state index in [-0.39, 0.29) is 5.41 Å². The molecule has 1 spiro atoms. The highest BCUT2D eigenvalue weighted by Crippen LogP contribution is 2.40. The molecule has 0 aromatic carbocycles. The smallest absolute Gasteiger partial charge is 0.339 e. The van der Waals surface area contributed by atoms with E-state index in [9.17, 15) is 9.90 Å². The number of rotatable bonds is 2. The zero-order chi connectivity index (χ0) is 15.2. The third-order valence-corrected chi connectivity index (χ3v) is 5.41. The maximum absolute atomic E-state index is 11.7. The van der Waals surface area contributed by atoms with E-state index in [0.717, 1.165) is 69.7 Å². The van der Waals surface area contributed by atoms with Crippen molar-refractivity contribution in [1.82, 2.24) is 4.98 Å². The van der Waals surface area contributed by atoms with Crippen LogP contribution in [0.1, 0.15) is 47.3 Å². The van der Waals surface area contributed by atoms with Crippen molar-refractivity contribution in [3.63, 3.8) is 0 Å². The van der Waals surface area contributed by atoms with Crippen molar-refractivity contribution in [3.8, 4) is 0 Å². The van der Waals surface area contributed by atoms with Crippen LogP contribution in [0.3, 0.4) is 0 Å². The fourth-order valence-electron chi connectivity index (χ4n) is 4.22. The summed E-state index contributed by atoms with van der Waals surface area (Å²) in [7, 11) is 0. The molecule has 5 heteroatoms. The highest BCUT2D eigenvalue weighted by Gasteiger charge is 2.40. The highest BCUT2D eigenvalue weighted by atomic mass is 16.5. The van der Waals surface area contributed by atoms with Crippen LogP contribution in [0.2, 0.25) is 0 Å². The highest BCUT2D eigenvalue weighted by molar-refractivity contribution is 5.93. The largest absolute Gasteiger partial charge is 0.478 e. The molecule has 22 heavy (non-hydrogen) atoms. The standard InChI is InChI=1S/C17H22N2O3/c20-16(21)13-9-12-3-1-4-14(12)18-15(13)19-7-2-5-17(10-19)6-8-22-11-17/h9H,1-8,10-11H2,(H,20,21)/t17-/m0/s1. The molecule has 0 bridgehead atoms. The number of nitrogens with zero attached hydrogens (tertiary/aromatic N) is 2. The van der Waals surface area contributed by atoms with Crippen LogP contribution in [0.4, 0.5) is 5.82 Å². The third kappa shape index (κ3) is 2.28. The zero-order valence-corrected chi connectivity index (χ0v) is 12.8. The molecule has 1 N–H and O–H groups in total. The first-order valence-electron chi connectivity index (χ1n) is 8.26. The lowest BCUT2D eigenvalue weighted by molar-refractivity contribution is 0.0696. The Morgan fingerprint density at radius 1 is 1.32 bits per heavy atom. The molecule has 5 nitrogen and oxygen atoms in total. The van der Waals surface area contributed by atoms with E-state index in [2.05, 4.69) is 4.90 Å². The number of carboxylic acids is 1. The van der Waals surface area contributed by atoms with E-state index in [4.69, 9.17) is 9.72 Å². The van der Waals surface area contributed by atoms with Crippen molar-refractivity contribution in [2.75, 3.05) is 31.2 Å². The number of carboxylic acid groups (broad SMARTS) is 1. The molecule has 0 unspecified atom stereocenters. The quantitative estimate of drug-likeness (QED) is 0.908. The summed E-state index contributed by atoms with van der Waals surface area (Å²) in [4.78, 5) is 18.6. The summed E-state index contributed by atoms with van der Waals surface area (Å²) in [6.45, 7) is 3.40. The second kappa shape index (κ2) is 5.23. The molecule has 3 aliphatic rings. The van der Waals surface area contributed by atoms with Crippen LogP contribution in [0.5, 0.6) is 0 Å². The van der Waals surface area contributed by atoms with Crippen LogP contribution in [0.25, 0.3) is 0 Å². The van der Waals surface area contributed by atoms with Crippen molar-refractivity contribution in [2.45, 2.75) is 38.5 Å². The van der Waals surface area contributed by atoms with Crippen molar-refractivity contribution >= 4 is 11.8 Å². The van der Waals surface area contributed by atoms with E-state index < -0.39 is 5.97 Å². The average Bonchev–Trinajstić information content (AvgIpc) is 3.15. The van der Waals surface area contributed by atoms with Gasteiger partial charge in [-0.05, 0) is 50.2 Å². The molecule has 2 fully saturated rings. The number of aryl methyl sites for hydroxylation is 2. The van der Waals surface area contributed by atoms with Gasteiger partial charge < -0.3 is 14.7 Å². The first-order valence-corrected chi connectivity index (χ1v) is 8.26. The Bertz CT molecular complexity index is 608.